The highest BCUT2D eigenvalue weighted by Crippen LogP contribution is 2.11. The van der Waals surface area contributed by atoms with E-state index in [4.69, 9.17) is 14.2 Å². The van der Waals surface area contributed by atoms with E-state index in [1.807, 2.05) is 21.1 Å². The summed E-state index contributed by atoms with van der Waals surface area (Å²) in [5.41, 5.74) is 0. The zero-order chi connectivity index (χ0) is 39.3. The van der Waals surface area contributed by atoms with Gasteiger partial charge in [0.2, 0.25) is 0 Å². The molecule has 0 aromatic carbocycles. The maximum atomic E-state index is 12.6. The second kappa shape index (κ2) is 35.3. The summed E-state index contributed by atoms with van der Waals surface area (Å²) >= 11 is 0. The van der Waals surface area contributed by atoms with Crippen LogP contribution in [0.4, 0.5) is 0 Å². The predicted octanol–water partition coefficient (Wildman–Crippen LogP) is 10.3. The minimum atomic E-state index is -0.895. The molecule has 2 atom stereocenters. The number of carbonyl (C=O) groups is 3. The summed E-state index contributed by atoms with van der Waals surface area (Å²) in [4.78, 5) is 36.8. The molecule has 1 N–H and O–H groups in total. The van der Waals surface area contributed by atoms with Gasteiger partial charge >= 0.3 is 17.9 Å². The van der Waals surface area contributed by atoms with Crippen molar-refractivity contribution in [3.63, 3.8) is 0 Å². The van der Waals surface area contributed by atoms with E-state index < -0.39 is 18.1 Å². The molecule has 53 heavy (non-hydrogen) atoms. The normalized spacial score (nSPS) is 14.1. The van der Waals surface area contributed by atoms with Gasteiger partial charge in [0.1, 0.15) is 6.61 Å². The topological polar surface area (TPSA) is 99.1 Å². The number of ether oxygens (including phenoxy) is 3. The highest BCUT2D eigenvalue weighted by Gasteiger charge is 2.31. The van der Waals surface area contributed by atoms with Gasteiger partial charge < -0.3 is 23.8 Å². The van der Waals surface area contributed by atoms with E-state index in [0.29, 0.717) is 19.3 Å². The van der Waals surface area contributed by atoms with Crippen molar-refractivity contribution in [1.29, 1.82) is 0 Å². The predicted molar refractivity (Wildman–Crippen MR) is 219 cm³/mol. The van der Waals surface area contributed by atoms with Crippen molar-refractivity contribution >= 4 is 17.9 Å². The smallest absolute Gasteiger partial charge is 0.362 e. The van der Waals surface area contributed by atoms with Crippen molar-refractivity contribution in [2.75, 3.05) is 41.0 Å². The highest BCUT2D eigenvalue weighted by atomic mass is 16.6. The maximum Gasteiger partial charge on any atom is 0.362 e. The average molecular weight is 739 g/mol. The molecular formula is C45H72NO7+. The number of allylic oxidation sites excluding steroid dienone is 16. The molecule has 0 radical (unpaired) electrons. The summed E-state index contributed by atoms with van der Waals surface area (Å²) in [5.74, 6) is -1.61. The van der Waals surface area contributed by atoms with Crippen molar-refractivity contribution in [1.82, 2.24) is 0 Å². The molecule has 0 aromatic heterocycles. The number of carboxylic acid groups (broad SMARTS) is 1. The lowest BCUT2D eigenvalue weighted by molar-refractivity contribution is -0.887. The van der Waals surface area contributed by atoms with Gasteiger partial charge in [-0.2, -0.15) is 0 Å². The fraction of sp³-hybridized carbons (Fsp3) is 0.578. The number of aliphatic carboxylic acids is 1. The van der Waals surface area contributed by atoms with Gasteiger partial charge in [-0.1, -0.05) is 111 Å². The third-order valence-corrected chi connectivity index (χ3v) is 7.98. The molecule has 8 nitrogen and oxygen atoms in total. The number of likely N-dealkylation sites (N-methyl/N-ethyl adjacent to an activating group) is 1. The maximum absolute atomic E-state index is 12.6. The van der Waals surface area contributed by atoms with E-state index in [2.05, 4.69) is 111 Å². The minimum Gasteiger partial charge on any atom is -0.477 e. The Bertz CT molecular complexity index is 1180. The van der Waals surface area contributed by atoms with Crippen molar-refractivity contribution in [3.05, 3.63) is 97.2 Å². The van der Waals surface area contributed by atoms with Crippen LogP contribution in [0.15, 0.2) is 97.2 Å². The van der Waals surface area contributed by atoms with E-state index in [0.717, 1.165) is 70.6 Å². The average Bonchev–Trinajstić information content (AvgIpc) is 3.11. The number of nitrogens with zero attached hydrogens (tertiary/aromatic N) is 1. The largest absolute Gasteiger partial charge is 0.477 e. The number of rotatable bonds is 33. The molecule has 0 aromatic rings. The molecule has 0 saturated carbocycles. The first kappa shape index (κ1) is 49.2. The lowest BCUT2D eigenvalue weighted by Gasteiger charge is -2.31. The first-order valence-electron chi connectivity index (χ1n) is 19.8. The summed E-state index contributed by atoms with van der Waals surface area (Å²) in [6.07, 6.45) is 46.1. The molecule has 0 aliphatic heterocycles. The van der Waals surface area contributed by atoms with Gasteiger partial charge in [-0.3, -0.25) is 9.59 Å². The molecule has 0 saturated heterocycles. The van der Waals surface area contributed by atoms with Gasteiger partial charge in [-0.25, -0.2) is 4.79 Å². The molecule has 2 unspecified atom stereocenters. The summed E-state index contributed by atoms with van der Waals surface area (Å²) in [5, 5.41) is 9.59. The molecule has 0 aliphatic rings. The van der Waals surface area contributed by atoms with Gasteiger partial charge in [0.25, 0.3) is 0 Å². The zero-order valence-electron chi connectivity index (χ0n) is 33.7. The Labute approximate surface area is 322 Å². The SMILES string of the molecule is CC/C=C/C/C=C/C/C=C/C/C=C/C/C=C/CCCC(=O)OCC(COCCC(C(=O)O)[N+](C)(C)C)OC(=O)CCCC/C=C/C/C=C/C/C=C/CC. The molecule has 0 amide bonds. The number of carboxylic acids is 1. The van der Waals surface area contributed by atoms with Crippen LogP contribution in [0.5, 0.6) is 0 Å². The first-order valence-corrected chi connectivity index (χ1v) is 19.8. The molecule has 8 heteroatoms. The summed E-state index contributed by atoms with van der Waals surface area (Å²) in [6.45, 7) is 4.36. The van der Waals surface area contributed by atoms with Gasteiger partial charge in [-0.15, -0.1) is 0 Å². The van der Waals surface area contributed by atoms with Crippen LogP contribution in [0.2, 0.25) is 0 Å². The lowest BCUT2D eigenvalue weighted by atomic mass is 10.1. The number of quaternary nitrogens is 1. The molecule has 298 valence electrons. The lowest BCUT2D eigenvalue weighted by Crippen LogP contribution is -2.50. The van der Waals surface area contributed by atoms with Gasteiger partial charge in [0, 0.05) is 19.3 Å². The van der Waals surface area contributed by atoms with Gasteiger partial charge in [0.15, 0.2) is 12.1 Å². The minimum absolute atomic E-state index is 0.0209. The molecule has 0 aliphatic carbocycles. The first-order chi connectivity index (χ1) is 25.6. The summed E-state index contributed by atoms with van der Waals surface area (Å²) < 4.78 is 17.1. The number of esters is 2. The zero-order valence-corrected chi connectivity index (χ0v) is 33.7. The highest BCUT2D eigenvalue weighted by molar-refractivity contribution is 5.72. The van der Waals surface area contributed by atoms with E-state index in [-0.39, 0.29) is 49.1 Å². The van der Waals surface area contributed by atoms with E-state index in [1.165, 1.54) is 0 Å². The van der Waals surface area contributed by atoms with Gasteiger partial charge in [-0.05, 0) is 83.5 Å². The second-order valence-corrected chi connectivity index (χ2v) is 13.8. The third-order valence-electron chi connectivity index (χ3n) is 7.98. The van der Waals surface area contributed by atoms with Crippen molar-refractivity contribution in [2.24, 2.45) is 0 Å². The summed E-state index contributed by atoms with van der Waals surface area (Å²) in [7, 11) is 5.47. The number of unbranched alkanes of at least 4 members (excludes halogenated alkanes) is 3. The Morgan fingerprint density at radius 3 is 1.45 bits per heavy atom. The number of hydrogen-bond acceptors (Lipinski definition) is 6. The Morgan fingerprint density at radius 2 is 1.00 bits per heavy atom. The molecule has 0 spiro atoms. The Morgan fingerprint density at radius 1 is 0.566 bits per heavy atom. The number of carbonyl (C=O) groups excluding carboxylic acids is 2. The molecular weight excluding hydrogens is 666 g/mol. The van der Waals surface area contributed by atoms with Crippen LogP contribution in [0.25, 0.3) is 0 Å². The van der Waals surface area contributed by atoms with E-state index >= 15 is 0 Å². The van der Waals surface area contributed by atoms with Gasteiger partial charge in [0.05, 0.1) is 34.4 Å². The van der Waals surface area contributed by atoms with Crippen LogP contribution in [0, 0.1) is 0 Å². The van der Waals surface area contributed by atoms with Crippen LogP contribution < -0.4 is 0 Å². The summed E-state index contributed by atoms with van der Waals surface area (Å²) in [6, 6.07) is -0.634. The number of hydrogen-bond donors (Lipinski definition) is 1. The van der Waals surface area contributed by atoms with Crippen molar-refractivity contribution in [2.45, 2.75) is 129 Å². The second-order valence-electron chi connectivity index (χ2n) is 13.8. The van der Waals surface area contributed by atoms with Crippen LogP contribution in [-0.2, 0) is 28.6 Å². The third kappa shape index (κ3) is 33.8. The quantitative estimate of drug-likeness (QED) is 0.0310. The Kier molecular flexibility index (Phi) is 32.8. The Hall–Kier alpha value is -3.75. The van der Waals surface area contributed by atoms with Crippen molar-refractivity contribution in [3.8, 4) is 0 Å². The molecule has 0 rings (SSSR count). The Balaban J connectivity index is 4.57. The van der Waals surface area contributed by atoms with Crippen LogP contribution in [0.3, 0.4) is 0 Å². The van der Waals surface area contributed by atoms with Crippen LogP contribution >= 0.6 is 0 Å². The van der Waals surface area contributed by atoms with Crippen LogP contribution in [0.1, 0.15) is 117 Å². The monoisotopic (exact) mass is 739 g/mol. The van der Waals surface area contributed by atoms with E-state index in [1.54, 1.807) is 0 Å². The molecule has 0 heterocycles. The fourth-order valence-electron chi connectivity index (χ4n) is 4.96. The standard InChI is InChI=1S/C45H71NO7/c1-6-8-10-12-14-16-18-20-21-22-23-24-26-27-29-31-33-35-43(47)52-40-41(39-51-38-37-42(45(49)50)46(3,4)5)53-44(48)36-34-32-30-28-25-19-17-15-13-11-9-7-2/h8-11,14-17,20-21,23-25,27-29,41-42H,6-7,12-13,18-19,22,26,30-40H2,1-5H3/p+1/b10-8+,11-9+,16-14+,17-15+,21-20+,24-23+,28-25+,29-27+. The van der Waals surface area contributed by atoms with Crippen LogP contribution in [-0.4, -0.2) is 80.6 Å². The molecule has 0 bridgehead atoms. The van der Waals surface area contributed by atoms with E-state index in [9.17, 15) is 19.5 Å². The fourth-order valence-corrected chi connectivity index (χ4v) is 4.96. The molecule has 0 fully saturated rings. The van der Waals surface area contributed by atoms with Crippen molar-refractivity contribution < 1.29 is 38.2 Å².